The van der Waals surface area contributed by atoms with Crippen molar-refractivity contribution in [3.63, 3.8) is 0 Å². The summed E-state index contributed by atoms with van der Waals surface area (Å²) in [5.74, 6) is 1.43. The van der Waals surface area contributed by atoms with Gasteiger partial charge in [-0.1, -0.05) is 234 Å². The molecule has 356 valence electrons. The Hall–Kier alpha value is -1.63. The Balaban J connectivity index is 4.59. The van der Waals surface area contributed by atoms with Crippen molar-refractivity contribution in [1.29, 1.82) is 0 Å². The van der Waals surface area contributed by atoms with E-state index in [4.69, 9.17) is 14.2 Å². The van der Waals surface area contributed by atoms with Gasteiger partial charge >= 0.3 is 17.9 Å². The first-order chi connectivity index (χ1) is 29.0. The summed E-state index contributed by atoms with van der Waals surface area (Å²) >= 11 is 0. The standard InChI is InChI=1S/C53H102O7/c1-47(2)37-31-25-19-13-7-10-16-22-28-34-40-50(55)58-44-53(43-54,45-59-51(56)41-35-29-23-17-11-8-14-20-26-32-38-48(3)4)46-60-52(57)42-36-30-24-18-12-9-15-21-27-33-39-49(5)6/h47-49,54H,7-46H2,1-6H3. The van der Waals surface area contributed by atoms with E-state index in [1.807, 2.05) is 0 Å². The number of hydrogen-bond donors (Lipinski definition) is 1. The molecule has 1 N–H and O–H groups in total. The number of unbranched alkanes of at least 4 members (excludes halogenated alkanes) is 27. The Morgan fingerprint density at radius 2 is 0.517 bits per heavy atom. The summed E-state index contributed by atoms with van der Waals surface area (Å²) in [6.07, 6.45) is 40.8. The van der Waals surface area contributed by atoms with Crippen LogP contribution in [0, 0.1) is 23.2 Å². The van der Waals surface area contributed by atoms with E-state index in [-0.39, 0.29) is 37.7 Å². The van der Waals surface area contributed by atoms with Crippen LogP contribution in [0.1, 0.15) is 273 Å². The predicted molar refractivity (Wildman–Crippen MR) is 253 cm³/mol. The van der Waals surface area contributed by atoms with Crippen molar-refractivity contribution in [2.45, 2.75) is 273 Å². The van der Waals surface area contributed by atoms with Crippen LogP contribution >= 0.6 is 0 Å². The molecule has 0 atom stereocenters. The van der Waals surface area contributed by atoms with Crippen LogP contribution in [0.25, 0.3) is 0 Å². The zero-order valence-corrected chi connectivity index (χ0v) is 40.9. The first kappa shape index (κ1) is 58.4. The smallest absolute Gasteiger partial charge is 0.305 e. The van der Waals surface area contributed by atoms with Gasteiger partial charge < -0.3 is 19.3 Å². The minimum absolute atomic E-state index is 0.157. The van der Waals surface area contributed by atoms with Crippen LogP contribution in [0.4, 0.5) is 0 Å². The summed E-state index contributed by atoms with van der Waals surface area (Å²) in [5, 5.41) is 10.5. The van der Waals surface area contributed by atoms with E-state index < -0.39 is 12.0 Å². The van der Waals surface area contributed by atoms with Gasteiger partial charge in [-0.3, -0.25) is 14.4 Å². The third kappa shape index (κ3) is 41.7. The second kappa shape index (κ2) is 42.7. The number of ether oxygens (including phenoxy) is 3. The number of rotatable bonds is 46. The van der Waals surface area contributed by atoms with Crippen molar-refractivity contribution < 1.29 is 33.7 Å². The summed E-state index contributed by atoms with van der Waals surface area (Å²) in [6, 6.07) is 0. The highest BCUT2D eigenvalue weighted by Crippen LogP contribution is 2.22. The van der Waals surface area contributed by atoms with Crippen molar-refractivity contribution >= 4 is 17.9 Å². The second-order valence-electron chi connectivity index (χ2n) is 20.0. The van der Waals surface area contributed by atoms with E-state index in [0.717, 1.165) is 75.5 Å². The molecule has 0 saturated heterocycles. The van der Waals surface area contributed by atoms with Gasteiger partial charge in [0.25, 0.3) is 0 Å². The highest BCUT2D eigenvalue weighted by Gasteiger charge is 2.35. The van der Waals surface area contributed by atoms with Crippen LogP contribution in [-0.2, 0) is 28.6 Å². The van der Waals surface area contributed by atoms with E-state index in [2.05, 4.69) is 41.5 Å². The molecular weight excluding hydrogens is 749 g/mol. The van der Waals surface area contributed by atoms with Gasteiger partial charge in [0, 0.05) is 19.3 Å². The van der Waals surface area contributed by atoms with Crippen LogP contribution < -0.4 is 0 Å². The molecule has 0 amide bonds. The largest absolute Gasteiger partial charge is 0.465 e. The van der Waals surface area contributed by atoms with E-state index in [1.54, 1.807) is 0 Å². The zero-order valence-electron chi connectivity index (χ0n) is 40.9. The van der Waals surface area contributed by atoms with Gasteiger partial charge in [0.1, 0.15) is 19.8 Å². The number of carbonyl (C=O) groups excluding carboxylic acids is 3. The molecule has 0 bridgehead atoms. The zero-order chi connectivity index (χ0) is 44.4. The van der Waals surface area contributed by atoms with E-state index in [9.17, 15) is 19.5 Å². The first-order valence-electron chi connectivity index (χ1n) is 26.1. The lowest BCUT2D eigenvalue weighted by atomic mass is 9.92. The molecule has 0 fully saturated rings. The Morgan fingerprint density at radius 1 is 0.333 bits per heavy atom. The lowest BCUT2D eigenvalue weighted by Crippen LogP contribution is -2.42. The van der Waals surface area contributed by atoms with Crippen molar-refractivity contribution in [2.75, 3.05) is 26.4 Å². The summed E-state index contributed by atoms with van der Waals surface area (Å²) in [5.41, 5.74) is -1.18. The number of hydrogen-bond acceptors (Lipinski definition) is 7. The Bertz CT molecular complexity index is 844. The molecule has 0 rings (SSSR count). The molecule has 7 heteroatoms. The van der Waals surface area contributed by atoms with Gasteiger partial charge in [-0.25, -0.2) is 0 Å². The molecule has 0 aromatic carbocycles. The fourth-order valence-electron chi connectivity index (χ4n) is 7.89. The molecule has 0 aliphatic carbocycles. The molecule has 0 unspecified atom stereocenters. The molecule has 0 aliphatic rings. The molecule has 7 nitrogen and oxygen atoms in total. The molecule has 0 saturated carbocycles. The number of aliphatic hydroxyl groups is 1. The molecule has 0 radical (unpaired) electrons. The average Bonchev–Trinajstić information content (AvgIpc) is 3.21. The molecule has 0 spiro atoms. The first-order valence-corrected chi connectivity index (χ1v) is 26.1. The van der Waals surface area contributed by atoms with E-state index in [0.29, 0.717) is 19.3 Å². The molecular formula is C53H102O7. The number of esters is 3. The monoisotopic (exact) mass is 851 g/mol. The SMILES string of the molecule is CC(C)CCCCCCCCCCCCC(=O)OCC(CO)(COC(=O)CCCCCCCCCCCCC(C)C)COC(=O)CCCCCCCCCCCCC(C)C. The van der Waals surface area contributed by atoms with Gasteiger partial charge in [0.15, 0.2) is 0 Å². The molecule has 0 heterocycles. The van der Waals surface area contributed by atoms with Gasteiger partial charge in [-0.2, -0.15) is 0 Å². The van der Waals surface area contributed by atoms with Gasteiger partial charge in [0.2, 0.25) is 0 Å². The van der Waals surface area contributed by atoms with Gasteiger partial charge in [-0.05, 0) is 37.0 Å². The predicted octanol–water partition coefficient (Wildman–Crippen LogP) is 15.6. The van der Waals surface area contributed by atoms with Crippen LogP contribution in [0.5, 0.6) is 0 Å². The highest BCUT2D eigenvalue weighted by molar-refractivity contribution is 5.70. The van der Waals surface area contributed by atoms with E-state index in [1.165, 1.54) is 154 Å². The Labute approximate surface area is 372 Å². The topological polar surface area (TPSA) is 99.1 Å². The maximum Gasteiger partial charge on any atom is 0.305 e. The van der Waals surface area contributed by atoms with Crippen molar-refractivity contribution in [3.8, 4) is 0 Å². The normalized spacial score (nSPS) is 11.9. The van der Waals surface area contributed by atoms with Crippen LogP contribution in [0.2, 0.25) is 0 Å². The summed E-state index contributed by atoms with van der Waals surface area (Å²) in [7, 11) is 0. The maximum absolute atomic E-state index is 12.8. The Kier molecular flexibility index (Phi) is 41.5. The Morgan fingerprint density at radius 3 is 0.700 bits per heavy atom. The van der Waals surface area contributed by atoms with Crippen molar-refractivity contribution in [3.05, 3.63) is 0 Å². The summed E-state index contributed by atoms with van der Waals surface area (Å²) < 4.78 is 17.0. The fourth-order valence-corrected chi connectivity index (χ4v) is 7.89. The molecule has 60 heavy (non-hydrogen) atoms. The van der Waals surface area contributed by atoms with Gasteiger partial charge in [0.05, 0.1) is 12.0 Å². The fraction of sp³-hybridized carbons (Fsp3) is 0.943. The minimum atomic E-state index is -1.18. The van der Waals surface area contributed by atoms with Gasteiger partial charge in [-0.15, -0.1) is 0 Å². The number of aliphatic hydroxyl groups excluding tert-OH is 1. The van der Waals surface area contributed by atoms with Crippen molar-refractivity contribution in [2.24, 2.45) is 23.2 Å². The quantitative estimate of drug-likeness (QED) is 0.0370. The minimum Gasteiger partial charge on any atom is -0.465 e. The average molecular weight is 851 g/mol. The molecule has 0 aliphatic heterocycles. The van der Waals surface area contributed by atoms with Crippen LogP contribution in [-0.4, -0.2) is 49.4 Å². The lowest BCUT2D eigenvalue weighted by Gasteiger charge is -2.30. The maximum atomic E-state index is 12.8. The molecule has 0 aromatic rings. The summed E-state index contributed by atoms with van der Waals surface area (Å²) in [4.78, 5) is 38.3. The molecule has 0 aromatic heterocycles. The lowest BCUT2D eigenvalue weighted by molar-refractivity contribution is -0.165. The van der Waals surface area contributed by atoms with Crippen molar-refractivity contribution in [1.82, 2.24) is 0 Å². The third-order valence-corrected chi connectivity index (χ3v) is 12.2. The van der Waals surface area contributed by atoms with E-state index >= 15 is 0 Å². The second-order valence-corrected chi connectivity index (χ2v) is 20.0. The third-order valence-electron chi connectivity index (χ3n) is 12.2. The highest BCUT2D eigenvalue weighted by atomic mass is 16.6. The van der Waals surface area contributed by atoms with Crippen LogP contribution in [0.15, 0.2) is 0 Å². The van der Waals surface area contributed by atoms with Crippen LogP contribution in [0.3, 0.4) is 0 Å². The summed E-state index contributed by atoms with van der Waals surface area (Å²) in [6.45, 7) is 12.9. The number of carbonyl (C=O) groups is 3.